The highest BCUT2D eigenvalue weighted by atomic mass is 35.5. The van der Waals surface area contributed by atoms with Gasteiger partial charge in [0.25, 0.3) is 5.91 Å². The molecule has 1 heterocycles. The quantitative estimate of drug-likeness (QED) is 0.862. The zero-order valence-corrected chi connectivity index (χ0v) is 13.7. The van der Waals surface area contributed by atoms with Gasteiger partial charge in [0.05, 0.1) is 0 Å². The number of anilines is 2. The third-order valence-corrected chi connectivity index (χ3v) is 3.46. The van der Waals surface area contributed by atoms with Gasteiger partial charge in [-0.05, 0) is 43.7 Å². The van der Waals surface area contributed by atoms with Crippen LogP contribution in [-0.4, -0.2) is 22.1 Å². The van der Waals surface area contributed by atoms with Crippen molar-refractivity contribution in [3.05, 3.63) is 46.1 Å². The van der Waals surface area contributed by atoms with E-state index in [1.165, 1.54) is 0 Å². The van der Waals surface area contributed by atoms with Crippen LogP contribution < -0.4 is 10.6 Å². The minimum Gasteiger partial charge on any atom is -0.348 e. The minimum atomic E-state index is -0.237. The number of benzene rings is 1. The molecule has 5 nitrogen and oxygen atoms in total. The first kappa shape index (κ1) is 16.5. The fourth-order valence-electron chi connectivity index (χ4n) is 1.69. The van der Waals surface area contributed by atoms with Gasteiger partial charge >= 0.3 is 0 Å². The topological polar surface area (TPSA) is 66.9 Å². The summed E-state index contributed by atoms with van der Waals surface area (Å²) in [5.74, 6) is 0.262. The van der Waals surface area contributed by atoms with Crippen molar-refractivity contribution < 1.29 is 4.79 Å². The lowest BCUT2D eigenvalue weighted by Crippen LogP contribution is -2.32. The predicted octanol–water partition coefficient (Wildman–Crippen LogP) is 4.06. The summed E-state index contributed by atoms with van der Waals surface area (Å²) in [4.78, 5) is 11.9. The Kier molecular flexibility index (Phi) is 5.57. The molecule has 1 aromatic carbocycles. The summed E-state index contributed by atoms with van der Waals surface area (Å²) in [6.07, 6.45) is 0.855. The van der Waals surface area contributed by atoms with Gasteiger partial charge in [-0.3, -0.25) is 4.79 Å². The lowest BCUT2D eigenvalue weighted by atomic mass is 10.2. The van der Waals surface area contributed by atoms with Crippen LogP contribution in [0.25, 0.3) is 0 Å². The molecule has 2 N–H and O–H groups in total. The number of hydrogen-bond acceptors (Lipinski definition) is 4. The average molecular weight is 339 g/mol. The van der Waals surface area contributed by atoms with Crippen molar-refractivity contribution in [2.75, 3.05) is 5.32 Å². The van der Waals surface area contributed by atoms with Crippen molar-refractivity contribution in [1.29, 1.82) is 0 Å². The summed E-state index contributed by atoms with van der Waals surface area (Å²) in [6, 6.07) is 8.47. The Labute approximate surface area is 139 Å². The third-order valence-electron chi connectivity index (χ3n) is 3.02. The van der Waals surface area contributed by atoms with Crippen LogP contribution in [0.4, 0.5) is 11.5 Å². The van der Waals surface area contributed by atoms with E-state index >= 15 is 0 Å². The van der Waals surface area contributed by atoms with Gasteiger partial charge in [0.1, 0.15) is 0 Å². The number of hydrogen-bond donors (Lipinski definition) is 2. The van der Waals surface area contributed by atoms with Crippen LogP contribution in [0.15, 0.2) is 30.3 Å². The molecule has 0 aliphatic rings. The van der Waals surface area contributed by atoms with Crippen LogP contribution >= 0.6 is 23.2 Å². The van der Waals surface area contributed by atoms with Crippen LogP contribution in [-0.2, 0) is 0 Å². The van der Waals surface area contributed by atoms with Crippen molar-refractivity contribution in [2.45, 2.75) is 26.3 Å². The molecule has 2 rings (SSSR count). The van der Waals surface area contributed by atoms with Crippen molar-refractivity contribution in [2.24, 2.45) is 0 Å². The lowest BCUT2D eigenvalue weighted by Gasteiger charge is -2.11. The van der Waals surface area contributed by atoms with Gasteiger partial charge in [-0.1, -0.05) is 30.1 Å². The molecule has 0 aliphatic heterocycles. The Morgan fingerprint density at radius 1 is 1.18 bits per heavy atom. The number of amides is 1. The first-order valence-corrected chi connectivity index (χ1v) is 7.61. The van der Waals surface area contributed by atoms with E-state index < -0.39 is 0 Å². The molecular formula is C15H16Cl2N4O. The Bertz CT molecular complexity index is 641. The molecule has 0 bridgehead atoms. The summed E-state index contributed by atoms with van der Waals surface area (Å²) in [5.41, 5.74) is 0.971. The van der Waals surface area contributed by atoms with Gasteiger partial charge in [0.15, 0.2) is 11.5 Å². The monoisotopic (exact) mass is 338 g/mol. The number of rotatable bonds is 5. The molecule has 1 atom stereocenters. The van der Waals surface area contributed by atoms with E-state index in [4.69, 9.17) is 23.2 Å². The SMILES string of the molecule is CCC(C)NC(=O)c1ccc(Nc2cc(Cl)cc(Cl)c2)nn1. The fourth-order valence-corrected chi connectivity index (χ4v) is 2.22. The molecule has 2 aromatic rings. The highest BCUT2D eigenvalue weighted by molar-refractivity contribution is 6.35. The Morgan fingerprint density at radius 3 is 2.41 bits per heavy atom. The Balaban J connectivity index is 2.07. The molecule has 1 unspecified atom stereocenters. The summed E-state index contributed by atoms with van der Waals surface area (Å²) in [6.45, 7) is 3.93. The molecule has 0 aliphatic carbocycles. The first-order chi connectivity index (χ1) is 10.5. The van der Waals surface area contributed by atoms with Crippen molar-refractivity contribution in [3.63, 3.8) is 0 Å². The normalized spacial score (nSPS) is 11.8. The molecule has 1 amide bonds. The van der Waals surface area contributed by atoms with E-state index in [1.807, 2.05) is 13.8 Å². The molecule has 7 heteroatoms. The first-order valence-electron chi connectivity index (χ1n) is 6.85. The van der Waals surface area contributed by atoms with Crippen LogP contribution in [0.5, 0.6) is 0 Å². The maximum absolute atomic E-state index is 11.9. The van der Waals surface area contributed by atoms with Gasteiger partial charge in [0, 0.05) is 21.8 Å². The van der Waals surface area contributed by atoms with Gasteiger partial charge in [-0.2, -0.15) is 0 Å². The highest BCUT2D eigenvalue weighted by Crippen LogP contribution is 2.24. The van der Waals surface area contributed by atoms with Crippen molar-refractivity contribution in [1.82, 2.24) is 15.5 Å². The molecule has 0 fully saturated rings. The predicted molar refractivity (Wildman–Crippen MR) is 89.0 cm³/mol. The number of carbonyl (C=O) groups is 1. The Morgan fingerprint density at radius 2 is 1.86 bits per heavy atom. The Hall–Kier alpha value is -1.85. The maximum atomic E-state index is 11.9. The van der Waals surface area contributed by atoms with Crippen LogP contribution in [0.3, 0.4) is 0 Å². The average Bonchev–Trinajstić information content (AvgIpc) is 2.46. The summed E-state index contributed by atoms with van der Waals surface area (Å²) >= 11 is 11.9. The summed E-state index contributed by atoms with van der Waals surface area (Å²) in [7, 11) is 0. The standard InChI is InChI=1S/C15H16Cl2N4O/c1-3-9(2)18-15(22)13-4-5-14(21-20-13)19-12-7-10(16)6-11(17)8-12/h4-9H,3H2,1-2H3,(H,18,22)(H,19,21). The minimum absolute atomic E-state index is 0.0979. The van der Waals surface area contributed by atoms with E-state index in [-0.39, 0.29) is 17.6 Å². The molecule has 1 aromatic heterocycles. The number of carbonyl (C=O) groups excluding carboxylic acids is 1. The molecule has 0 radical (unpaired) electrons. The molecule has 0 saturated heterocycles. The van der Waals surface area contributed by atoms with Gasteiger partial charge in [0.2, 0.25) is 0 Å². The highest BCUT2D eigenvalue weighted by Gasteiger charge is 2.10. The van der Waals surface area contributed by atoms with Crippen molar-refractivity contribution >= 4 is 40.6 Å². The second-order valence-corrected chi connectivity index (χ2v) is 5.74. The summed E-state index contributed by atoms with van der Waals surface area (Å²) < 4.78 is 0. The van der Waals surface area contributed by atoms with Gasteiger partial charge in [-0.25, -0.2) is 0 Å². The second-order valence-electron chi connectivity index (χ2n) is 4.87. The van der Waals surface area contributed by atoms with Gasteiger partial charge in [-0.15, -0.1) is 10.2 Å². The van der Waals surface area contributed by atoms with Crippen LogP contribution in [0.1, 0.15) is 30.8 Å². The third kappa shape index (κ3) is 4.58. The molecule has 0 spiro atoms. The van der Waals surface area contributed by atoms with Crippen molar-refractivity contribution in [3.8, 4) is 0 Å². The molecule has 22 heavy (non-hydrogen) atoms. The number of halogens is 2. The van der Waals surface area contributed by atoms with E-state index in [1.54, 1.807) is 30.3 Å². The molecule has 116 valence electrons. The summed E-state index contributed by atoms with van der Waals surface area (Å²) in [5, 5.41) is 14.8. The second kappa shape index (κ2) is 7.42. The van der Waals surface area contributed by atoms with Crippen LogP contribution in [0.2, 0.25) is 10.0 Å². The van der Waals surface area contributed by atoms with E-state index in [0.29, 0.717) is 21.6 Å². The number of aromatic nitrogens is 2. The van der Waals surface area contributed by atoms with Gasteiger partial charge < -0.3 is 10.6 Å². The zero-order valence-electron chi connectivity index (χ0n) is 12.2. The molecular weight excluding hydrogens is 323 g/mol. The zero-order chi connectivity index (χ0) is 16.1. The van der Waals surface area contributed by atoms with E-state index in [2.05, 4.69) is 20.8 Å². The van der Waals surface area contributed by atoms with E-state index in [0.717, 1.165) is 6.42 Å². The lowest BCUT2D eigenvalue weighted by molar-refractivity contribution is 0.0933. The number of nitrogens with zero attached hydrogens (tertiary/aromatic N) is 2. The maximum Gasteiger partial charge on any atom is 0.272 e. The largest absolute Gasteiger partial charge is 0.348 e. The fraction of sp³-hybridized carbons (Fsp3) is 0.267. The number of nitrogens with one attached hydrogen (secondary N) is 2. The van der Waals surface area contributed by atoms with Crippen LogP contribution in [0, 0.1) is 0 Å². The van der Waals surface area contributed by atoms with E-state index in [9.17, 15) is 4.79 Å². The smallest absolute Gasteiger partial charge is 0.272 e. The molecule has 0 saturated carbocycles.